The van der Waals surface area contributed by atoms with Gasteiger partial charge in [-0.15, -0.1) is 0 Å². The van der Waals surface area contributed by atoms with E-state index in [1.54, 1.807) is 0 Å². The van der Waals surface area contributed by atoms with Gasteiger partial charge in [0.1, 0.15) is 0 Å². The normalized spacial score (nSPS) is 13.6. The summed E-state index contributed by atoms with van der Waals surface area (Å²) >= 11 is 0. The molecule has 0 aliphatic heterocycles. The number of benzene rings is 3. The van der Waals surface area contributed by atoms with E-state index in [2.05, 4.69) is 114 Å². The molecule has 0 saturated heterocycles. The van der Waals surface area contributed by atoms with Crippen molar-refractivity contribution >= 4 is 17.1 Å². The number of pyridine rings is 1. The number of rotatable bonds is 10. The highest BCUT2D eigenvalue weighted by atomic mass is 15.1. The van der Waals surface area contributed by atoms with Crippen molar-refractivity contribution in [3.05, 3.63) is 121 Å². The van der Waals surface area contributed by atoms with Gasteiger partial charge in [0.2, 0.25) is 0 Å². The van der Waals surface area contributed by atoms with Crippen LogP contribution in [0.1, 0.15) is 43.4 Å². The highest BCUT2D eigenvalue weighted by molar-refractivity contribution is 5.67. The minimum absolute atomic E-state index is 0.540. The molecule has 1 aliphatic rings. The van der Waals surface area contributed by atoms with Crippen LogP contribution >= 0.6 is 0 Å². The maximum Gasteiger partial charge on any atom is 0.0594 e. The Morgan fingerprint density at radius 3 is 2.21 bits per heavy atom. The molecular weight excluding hydrogens is 476 g/mol. The molecule has 0 spiro atoms. The van der Waals surface area contributed by atoms with Crippen LogP contribution in [-0.2, 0) is 13.1 Å². The van der Waals surface area contributed by atoms with Gasteiger partial charge in [0.15, 0.2) is 0 Å². The lowest BCUT2D eigenvalue weighted by molar-refractivity contribution is 0.396. The fourth-order valence-corrected chi connectivity index (χ4v) is 5.43. The van der Waals surface area contributed by atoms with E-state index in [1.807, 2.05) is 24.4 Å². The van der Waals surface area contributed by atoms with Crippen LogP contribution in [0.4, 0.5) is 17.1 Å². The molecule has 0 amide bonds. The van der Waals surface area contributed by atoms with E-state index in [1.165, 1.54) is 65.9 Å². The van der Waals surface area contributed by atoms with E-state index in [0.717, 1.165) is 17.9 Å². The van der Waals surface area contributed by atoms with E-state index >= 15 is 0 Å². The molecule has 200 valence electrons. The zero-order valence-electron chi connectivity index (χ0n) is 23.3. The smallest absolute Gasteiger partial charge is 0.0594 e. The number of hydrogen-bond donors (Lipinski definition) is 1. The molecule has 1 N–H and O–H groups in total. The van der Waals surface area contributed by atoms with Crippen molar-refractivity contribution < 1.29 is 0 Å². The van der Waals surface area contributed by atoms with Crippen LogP contribution in [0.15, 0.2) is 109 Å². The summed E-state index contributed by atoms with van der Waals surface area (Å²) in [6, 6.07) is 32.5. The molecule has 0 radical (unpaired) electrons. The summed E-state index contributed by atoms with van der Waals surface area (Å²) < 4.78 is 0. The van der Waals surface area contributed by atoms with Crippen molar-refractivity contribution in [1.29, 1.82) is 0 Å². The van der Waals surface area contributed by atoms with Crippen LogP contribution in [0.5, 0.6) is 0 Å². The molecule has 1 aromatic heterocycles. The Morgan fingerprint density at radius 2 is 1.54 bits per heavy atom. The van der Waals surface area contributed by atoms with Gasteiger partial charge in [0.25, 0.3) is 0 Å². The van der Waals surface area contributed by atoms with Gasteiger partial charge in [-0.2, -0.15) is 0 Å². The third-order valence-electron chi connectivity index (χ3n) is 7.79. The zero-order chi connectivity index (χ0) is 27.0. The standard InChI is InChI=1S/C35H40N4/c1-27(29-10-5-4-6-11-29)39(35-14-9-13-32(24-35)37-25-33-12-7-8-23-36-33)26-28-15-17-30(18-16-28)31-19-21-34(22-20-31)38(2)3/h7-9,12-24,29,37H,1,4-6,10-11,25-26H2,2-3H3. The van der Waals surface area contributed by atoms with Crippen molar-refractivity contribution in [1.82, 2.24) is 4.98 Å². The second kappa shape index (κ2) is 12.7. The first-order valence-corrected chi connectivity index (χ1v) is 14.1. The molecular formula is C35H40N4. The SMILES string of the molecule is C=C(C1CCCCC1)N(Cc1ccc(-c2ccc(N(C)C)cc2)cc1)c1cccc(NCc2ccccn2)c1. The van der Waals surface area contributed by atoms with Gasteiger partial charge < -0.3 is 15.1 Å². The van der Waals surface area contributed by atoms with Crippen molar-refractivity contribution in [2.24, 2.45) is 5.92 Å². The first-order valence-electron chi connectivity index (χ1n) is 14.1. The van der Waals surface area contributed by atoms with Crippen LogP contribution in [0.25, 0.3) is 11.1 Å². The topological polar surface area (TPSA) is 31.4 Å². The molecule has 4 aromatic rings. The van der Waals surface area contributed by atoms with Gasteiger partial charge in [-0.3, -0.25) is 4.98 Å². The molecule has 3 aromatic carbocycles. The Labute approximate surface area is 234 Å². The maximum atomic E-state index is 4.65. The lowest BCUT2D eigenvalue weighted by Crippen LogP contribution is -2.27. The number of hydrogen-bond acceptors (Lipinski definition) is 4. The minimum atomic E-state index is 0.540. The van der Waals surface area contributed by atoms with E-state index < -0.39 is 0 Å². The molecule has 0 atom stereocenters. The predicted octanol–water partition coefficient (Wildman–Crippen LogP) is 8.53. The largest absolute Gasteiger partial charge is 0.379 e. The fourth-order valence-electron chi connectivity index (χ4n) is 5.43. The molecule has 5 rings (SSSR count). The van der Waals surface area contributed by atoms with E-state index in [-0.39, 0.29) is 0 Å². The van der Waals surface area contributed by atoms with Crippen LogP contribution in [0.3, 0.4) is 0 Å². The first-order chi connectivity index (χ1) is 19.1. The van der Waals surface area contributed by atoms with Crippen LogP contribution < -0.4 is 15.1 Å². The van der Waals surface area contributed by atoms with Gasteiger partial charge in [-0.05, 0) is 77.9 Å². The van der Waals surface area contributed by atoms with Gasteiger partial charge in [0.05, 0.1) is 12.2 Å². The van der Waals surface area contributed by atoms with Crippen molar-refractivity contribution in [2.75, 3.05) is 29.2 Å². The lowest BCUT2D eigenvalue weighted by atomic mass is 9.86. The molecule has 1 fully saturated rings. The third-order valence-corrected chi connectivity index (χ3v) is 7.79. The highest BCUT2D eigenvalue weighted by Gasteiger charge is 2.22. The fraction of sp³-hybridized carbons (Fsp3) is 0.286. The molecule has 1 heterocycles. The summed E-state index contributed by atoms with van der Waals surface area (Å²) in [4.78, 5) is 9.01. The van der Waals surface area contributed by atoms with Crippen molar-refractivity contribution in [3.63, 3.8) is 0 Å². The molecule has 1 aliphatic carbocycles. The maximum absolute atomic E-state index is 4.65. The third kappa shape index (κ3) is 6.88. The van der Waals surface area contributed by atoms with Gasteiger partial charge >= 0.3 is 0 Å². The molecule has 4 heteroatoms. The number of nitrogens with zero attached hydrogens (tertiary/aromatic N) is 3. The predicted molar refractivity (Wildman–Crippen MR) is 166 cm³/mol. The van der Waals surface area contributed by atoms with Gasteiger partial charge in [-0.1, -0.05) is 74.4 Å². The van der Waals surface area contributed by atoms with Crippen molar-refractivity contribution in [2.45, 2.75) is 45.2 Å². The Kier molecular flexibility index (Phi) is 8.62. The summed E-state index contributed by atoms with van der Waals surface area (Å²) in [5.41, 5.74) is 9.51. The van der Waals surface area contributed by atoms with Crippen LogP contribution in [0.2, 0.25) is 0 Å². The zero-order valence-corrected chi connectivity index (χ0v) is 23.3. The second-order valence-electron chi connectivity index (χ2n) is 10.8. The van der Waals surface area contributed by atoms with Gasteiger partial charge in [0, 0.05) is 49.6 Å². The molecule has 0 unspecified atom stereocenters. The van der Waals surface area contributed by atoms with Crippen LogP contribution in [-0.4, -0.2) is 19.1 Å². The summed E-state index contributed by atoms with van der Waals surface area (Å²) in [6.07, 6.45) is 8.24. The molecule has 1 saturated carbocycles. The lowest BCUT2D eigenvalue weighted by Gasteiger charge is -2.34. The Balaban J connectivity index is 1.36. The summed E-state index contributed by atoms with van der Waals surface area (Å²) in [7, 11) is 4.14. The van der Waals surface area contributed by atoms with Crippen molar-refractivity contribution in [3.8, 4) is 11.1 Å². The number of nitrogens with one attached hydrogen (secondary N) is 1. The Hall–Kier alpha value is -4.05. The average Bonchev–Trinajstić information content (AvgIpc) is 3.00. The molecule has 0 bridgehead atoms. The summed E-state index contributed by atoms with van der Waals surface area (Å²) in [5, 5.41) is 3.55. The van der Waals surface area contributed by atoms with Gasteiger partial charge in [-0.25, -0.2) is 0 Å². The quantitative estimate of drug-likeness (QED) is 0.229. The average molecular weight is 517 g/mol. The van der Waals surface area contributed by atoms with Crippen LogP contribution in [0, 0.1) is 5.92 Å². The van der Waals surface area contributed by atoms with E-state index in [0.29, 0.717) is 12.5 Å². The van der Waals surface area contributed by atoms with E-state index in [9.17, 15) is 0 Å². The Bertz CT molecular complexity index is 1340. The number of allylic oxidation sites excluding steroid dienone is 1. The Morgan fingerprint density at radius 1 is 0.821 bits per heavy atom. The number of aromatic nitrogens is 1. The summed E-state index contributed by atoms with van der Waals surface area (Å²) in [6.45, 7) is 6.16. The van der Waals surface area contributed by atoms with E-state index in [4.69, 9.17) is 0 Å². The molecule has 4 nitrogen and oxygen atoms in total. The first kappa shape index (κ1) is 26.6. The monoisotopic (exact) mass is 516 g/mol. The summed E-state index contributed by atoms with van der Waals surface area (Å²) in [5.74, 6) is 0.540. The highest BCUT2D eigenvalue weighted by Crippen LogP contribution is 2.35. The minimum Gasteiger partial charge on any atom is -0.379 e. The molecule has 39 heavy (non-hydrogen) atoms. The number of anilines is 3. The second-order valence-corrected chi connectivity index (χ2v) is 10.8.